The summed E-state index contributed by atoms with van der Waals surface area (Å²) in [6, 6.07) is 9.12. The molecule has 2 rings (SSSR count). The number of anilines is 1. The first kappa shape index (κ1) is 10.7. The predicted molar refractivity (Wildman–Crippen MR) is 58.9 cm³/mol. The zero-order valence-electron chi connectivity index (χ0n) is 9.01. The number of rotatable bonds is 1. The molecule has 0 saturated carbocycles. The van der Waals surface area contributed by atoms with E-state index in [1.54, 1.807) is 0 Å². The van der Waals surface area contributed by atoms with Crippen LogP contribution in [0.1, 0.15) is 5.56 Å². The summed E-state index contributed by atoms with van der Waals surface area (Å²) in [6.07, 6.45) is 0. The van der Waals surface area contributed by atoms with Crippen LogP contribution in [0.2, 0.25) is 0 Å². The molecule has 0 aliphatic carbocycles. The highest BCUT2D eigenvalue weighted by molar-refractivity contribution is 5.96. The van der Waals surface area contributed by atoms with E-state index in [0.717, 1.165) is 11.3 Å². The third-order valence-electron chi connectivity index (χ3n) is 2.51. The smallest absolute Gasteiger partial charge is 0.254 e. The van der Waals surface area contributed by atoms with E-state index in [-0.39, 0.29) is 19.1 Å². The topological polar surface area (TPSA) is 53.3 Å². The van der Waals surface area contributed by atoms with Crippen LogP contribution in [0.4, 0.5) is 5.69 Å². The summed E-state index contributed by atoms with van der Waals surface area (Å²) in [7, 11) is 0. The Morgan fingerprint density at radius 1 is 1.56 bits per heavy atom. The lowest BCUT2D eigenvalue weighted by molar-refractivity contribution is -0.126. The normalized spacial score (nSPS) is 20.6. The number of hydrogen-bond donors (Lipinski definition) is 0. The molecule has 4 nitrogen and oxygen atoms in total. The Morgan fingerprint density at radius 2 is 2.38 bits per heavy atom. The number of aryl methyl sites for hydroxylation is 1. The van der Waals surface area contributed by atoms with E-state index in [1.807, 2.05) is 31.2 Å². The van der Waals surface area contributed by atoms with Gasteiger partial charge in [0.1, 0.15) is 12.6 Å². The van der Waals surface area contributed by atoms with Crippen molar-refractivity contribution in [1.29, 1.82) is 5.26 Å². The predicted octanol–water partition coefficient (Wildman–Crippen LogP) is 1.25. The average Bonchev–Trinajstić information content (AvgIpc) is 2.28. The van der Waals surface area contributed by atoms with Gasteiger partial charge in [0.05, 0.1) is 12.7 Å². The summed E-state index contributed by atoms with van der Waals surface area (Å²) < 4.78 is 5.05. The molecule has 1 unspecified atom stereocenters. The molecule has 0 aromatic heterocycles. The highest BCUT2D eigenvalue weighted by atomic mass is 16.5. The minimum atomic E-state index is -0.525. The molecule has 4 heteroatoms. The van der Waals surface area contributed by atoms with Gasteiger partial charge >= 0.3 is 0 Å². The zero-order valence-corrected chi connectivity index (χ0v) is 9.01. The van der Waals surface area contributed by atoms with E-state index in [9.17, 15) is 4.79 Å². The fourth-order valence-electron chi connectivity index (χ4n) is 1.77. The molecule has 1 aromatic carbocycles. The SMILES string of the molecule is Cc1cccc(N2C(=O)COCC2C#N)c1. The van der Waals surface area contributed by atoms with E-state index in [2.05, 4.69) is 6.07 Å². The molecule has 1 heterocycles. The standard InChI is InChI=1S/C12H12N2O2/c1-9-3-2-4-10(5-9)14-11(6-13)7-16-8-12(14)15/h2-5,11H,7-8H2,1H3. The Kier molecular flexibility index (Phi) is 2.88. The minimum Gasteiger partial charge on any atom is -0.368 e. The van der Waals surface area contributed by atoms with E-state index in [1.165, 1.54) is 4.90 Å². The van der Waals surface area contributed by atoms with Gasteiger partial charge in [-0.3, -0.25) is 9.69 Å². The Balaban J connectivity index is 2.36. The van der Waals surface area contributed by atoms with Crippen molar-refractivity contribution in [1.82, 2.24) is 0 Å². The minimum absolute atomic E-state index is 0.0477. The van der Waals surface area contributed by atoms with Crippen LogP contribution >= 0.6 is 0 Å². The maximum Gasteiger partial charge on any atom is 0.254 e. The molecular weight excluding hydrogens is 204 g/mol. The largest absolute Gasteiger partial charge is 0.368 e. The number of nitriles is 1. The number of carbonyl (C=O) groups is 1. The molecule has 1 fully saturated rings. The zero-order chi connectivity index (χ0) is 11.5. The second-order valence-electron chi connectivity index (χ2n) is 3.76. The number of amides is 1. The second kappa shape index (κ2) is 4.33. The number of morpholine rings is 1. The number of nitrogens with zero attached hydrogens (tertiary/aromatic N) is 2. The van der Waals surface area contributed by atoms with Crippen molar-refractivity contribution >= 4 is 11.6 Å². The first-order chi connectivity index (χ1) is 7.72. The maximum atomic E-state index is 11.7. The van der Waals surface area contributed by atoms with Crippen LogP contribution in [-0.2, 0) is 9.53 Å². The van der Waals surface area contributed by atoms with Gasteiger partial charge in [-0.25, -0.2) is 0 Å². The van der Waals surface area contributed by atoms with Crippen molar-refractivity contribution in [2.24, 2.45) is 0 Å². The molecule has 82 valence electrons. The fraction of sp³-hybridized carbons (Fsp3) is 0.333. The van der Waals surface area contributed by atoms with Crippen LogP contribution in [0.3, 0.4) is 0 Å². The maximum absolute atomic E-state index is 11.7. The van der Waals surface area contributed by atoms with Crippen LogP contribution in [0, 0.1) is 18.3 Å². The quantitative estimate of drug-likeness (QED) is 0.710. The summed E-state index contributed by atoms with van der Waals surface area (Å²) >= 11 is 0. The van der Waals surface area contributed by atoms with Gasteiger partial charge in [0.2, 0.25) is 0 Å². The van der Waals surface area contributed by atoms with Crippen LogP contribution in [0.5, 0.6) is 0 Å². The van der Waals surface area contributed by atoms with E-state index < -0.39 is 6.04 Å². The third-order valence-corrected chi connectivity index (χ3v) is 2.51. The molecule has 1 saturated heterocycles. The van der Waals surface area contributed by atoms with Crippen molar-refractivity contribution in [2.75, 3.05) is 18.1 Å². The number of carbonyl (C=O) groups excluding carboxylic acids is 1. The molecule has 0 bridgehead atoms. The lowest BCUT2D eigenvalue weighted by Crippen LogP contribution is -2.49. The lowest BCUT2D eigenvalue weighted by atomic mass is 10.1. The van der Waals surface area contributed by atoms with Gasteiger partial charge in [0.25, 0.3) is 5.91 Å². The van der Waals surface area contributed by atoms with Gasteiger partial charge in [0, 0.05) is 5.69 Å². The van der Waals surface area contributed by atoms with E-state index in [0.29, 0.717) is 0 Å². The summed E-state index contributed by atoms with van der Waals surface area (Å²) in [5, 5.41) is 8.99. The number of ether oxygens (including phenoxy) is 1. The Labute approximate surface area is 94.0 Å². The van der Waals surface area contributed by atoms with Gasteiger partial charge in [-0.15, -0.1) is 0 Å². The third kappa shape index (κ3) is 1.90. The van der Waals surface area contributed by atoms with Crippen LogP contribution in [0.25, 0.3) is 0 Å². The molecular formula is C12H12N2O2. The van der Waals surface area contributed by atoms with Crippen molar-refractivity contribution in [3.8, 4) is 6.07 Å². The molecule has 0 N–H and O–H groups in total. The molecule has 1 aliphatic rings. The highest BCUT2D eigenvalue weighted by Crippen LogP contribution is 2.21. The summed E-state index contributed by atoms with van der Waals surface area (Å²) in [5.74, 6) is -0.164. The van der Waals surface area contributed by atoms with Crippen molar-refractivity contribution in [3.63, 3.8) is 0 Å². The van der Waals surface area contributed by atoms with E-state index >= 15 is 0 Å². The second-order valence-corrected chi connectivity index (χ2v) is 3.76. The first-order valence-electron chi connectivity index (χ1n) is 5.08. The fourth-order valence-corrected chi connectivity index (χ4v) is 1.77. The lowest BCUT2D eigenvalue weighted by Gasteiger charge is -2.31. The van der Waals surface area contributed by atoms with Crippen LogP contribution in [0.15, 0.2) is 24.3 Å². The summed E-state index contributed by atoms with van der Waals surface area (Å²) in [4.78, 5) is 13.2. The molecule has 0 spiro atoms. The van der Waals surface area contributed by atoms with Gasteiger partial charge in [-0.05, 0) is 24.6 Å². The van der Waals surface area contributed by atoms with Gasteiger partial charge < -0.3 is 4.74 Å². The highest BCUT2D eigenvalue weighted by Gasteiger charge is 2.29. The van der Waals surface area contributed by atoms with Crippen molar-refractivity contribution < 1.29 is 9.53 Å². The van der Waals surface area contributed by atoms with Crippen LogP contribution < -0.4 is 4.90 Å². The Hall–Kier alpha value is -1.86. The molecule has 1 aliphatic heterocycles. The summed E-state index contributed by atoms with van der Waals surface area (Å²) in [5.41, 5.74) is 1.83. The molecule has 1 atom stereocenters. The number of benzene rings is 1. The molecule has 1 amide bonds. The first-order valence-corrected chi connectivity index (χ1v) is 5.08. The molecule has 16 heavy (non-hydrogen) atoms. The van der Waals surface area contributed by atoms with E-state index in [4.69, 9.17) is 10.00 Å². The van der Waals surface area contributed by atoms with Gasteiger partial charge in [-0.2, -0.15) is 5.26 Å². The number of hydrogen-bond acceptors (Lipinski definition) is 3. The van der Waals surface area contributed by atoms with Gasteiger partial charge in [-0.1, -0.05) is 12.1 Å². The Morgan fingerprint density at radius 3 is 3.06 bits per heavy atom. The van der Waals surface area contributed by atoms with Crippen LogP contribution in [-0.4, -0.2) is 25.2 Å². The summed E-state index contributed by atoms with van der Waals surface area (Å²) in [6.45, 7) is 2.28. The van der Waals surface area contributed by atoms with Gasteiger partial charge in [0.15, 0.2) is 0 Å². The molecule has 1 aromatic rings. The molecule has 0 radical (unpaired) electrons. The average molecular weight is 216 g/mol. The van der Waals surface area contributed by atoms with Crippen molar-refractivity contribution in [2.45, 2.75) is 13.0 Å². The Bertz CT molecular complexity index is 451. The monoisotopic (exact) mass is 216 g/mol. The van der Waals surface area contributed by atoms with Crippen molar-refractivity contribution in [3.05, 3.63) is 29.8 Å².